The van der Waals surface area contributed by atoms with Crippen LogP contribution in [0, 0.1) is 5.82 Å². The molecule has 0 saturated carbocycles. The Balaban J connectivity index is 1.82. The molecule has 0 saturated heterocycles. The molecule has 3 aromatic carbocycles. The van der Waals surface area contributed by atoms with Gasteiger partial charge in [-0.1, -0.05) is 48.5 Å². The van der Waals surface area contributed by atoms with Crippen molar-refractivity contribution >= 4 is 10.8 Å². The van der Waals surface area contributed by atoms with Gasteiger partial charge in [0.15, 0.2) is 0 Å². The highest BCUT2D eigenvalue weighted by Gasteiger charge is 2.08. The van der Waals surface area contributed by atoms with Gasteiger partial charge < -0.3 is 10.1 Å². The van der Waals surface area contributed by atoms with Gasteiger partial charge in [-0.25, -0.2) is 4.39 Å². The first-order chi connectivity index (χ1) is 10.8. The second-order valence-electron chi connectivity index (χ2n) is 5.16. The first kappa shape index (κ1) is 14.5. The maximum atomic E-state index is 13.6. The van der Waals surface area contributed by atoms with E-state index in [1.807, 2.05) is 24.3 Å². The molecule has 0 atom stereocenters. The van der Waals surface area contributed by atoms with Gasteiger partial charge >= 0.3 is 0 Å². The number of ether oxygens (including phenoxy) is 1. The van der Waals surface area contributed by atoms with Crippen LogP contribution in [0.25, 0.3) is 10.8 Å². The minimum Gasteiger partial charge on any atom is -0.496 e. The first-order valence-corrected chi connectivity index (χ1v) is 7.28. The summed E-state index contributed by atoms with van der Waals surface area (Å²) in [4.78, 5) is 0. The highest BCUT2D eigenvalue weighted by molar-refractivity contribution is 5.87. The average Bonchev–Trinajstić information content (AvgIpc) is 2.56. The van der Waals surface area contributed by atoms with Crippen molar-refractivity contribution in [3.8, 4) is 5.75 Å². The summed E-state index contributed by atoms with van der Waals surface area (Å²) in [6, 6.07) is 19.0. The number of methoxy groups -OCH3 is 1. The van der Waals surface area contributed by atoms with E-state index in [0.29, 0.717) is 18.7 Å². The third-order valence-electron chi connectivity index (χ3n) is 3.79. The molecule has 1 N–H and O–H groups in total. The fraction of sp³-hybridized carbons (Fsp3) is 0.158. The molecule has 0 aromatic heterocycles. The fourth-order valence-electron chi connectivity index (χ4n) is 2.65. The van der Waals surface area contributed by atoms with Gasteiger partial charge in [0, 0.05) is 24.2 Å². The number of hydrogen-bond donors (Lipinski definition) is 1. The fourth-order valence-corrected chi connectivity index (χ4v) is 2.65. The Morgan fingerprint density at radius 1 is 0.909 bits per heavy atom. The summed E-state index contributed by atoms with van der Waals surface area (Å²) >= 11 is 0. The molecule has 0 fully saturated rings. The number of halogens is 1. The Bertz CT molecular complexity index is 785. The lowest BCUT2D eigenvalue weighted by Crippen LogP contribution is -2.14. The monoisotopic (exact) mass is 295 g/mol. The van der Waals surface area contributed by atoms with Crippen molar-refractivity contribution in [1.82, 2.24) is 5.32 Å². The summed E-state index contributed by atoms with van der Waals surface area (Å²) < 4.78 is 19.1. The average molecular weight is 295 g/mol. The van der Waals surface area contributed by atoms with E-state index in [4.69, 9.17) is 4.74 Å². The molecular formula is C19H18FNO. The smallest absolute Gasteiger partial charge is 0.127 e. The van der Waals surface area contributed by atoms with Crippen molar-refractivity contribution in [2.45, 2.75) is 13.1 Å². The van der Waals surface area contributed by atoms with Crippen molar-refractivity contribution < 1.29 is 9.13 Å². The van der Waals surface area contributed by atoms with E-state index in [2.05, 4.69) is 23.5 Å². The van der Waals surface area contributed by atoms with Crippen LogP contribution < -0.4 is 10.1 Å². The first-order valence-electron chi connectivity index (χ1n) is 7.28. The molecular weight excluding hydrogens is 277 g/mol. The van der Waals surface area contributed by atoms with E-state index in [0.717, 1.165) is 16.7 Å². The number of nitrogens with one attached hydrogen (secondary N) is 1. The Labute approximate surface area is 129 Å². The summed E-state index contributed by atoms with van der Waals surface area (Å²) in [7, 11) is 1.67. The minimum absolute atomic E-state index is 0.181. The van der Waals surface area contributed by atoms with Crippen molar-refractivity contribution in [1.29, 1.82) is 0 Å². The molecule has 0 aliphatic heterocycles. The Kier molecular flexibility index (Phi) is 4.35. The lowest BCUT2D eigenvalue weighted by Gasteiger charge is -2.13. The van der Waals surface area contributed by atoms with E-state index < -0.39 is 0 Å². The Morgan fingerprint density at radius 2 is 1.68 bits per heavy atom. The standard InChI is InChI=1S/C19H18FNO/c1-22-19-11-10-14-6-2-4-8-16(14)17(19)13-21-12-15-7-3-5-9-18(15)20/h2-11,21H,12-13H2,1H3. The van der Waals surface area contributed by atoms with Gasteiger partial charge in [0.25, 0.3) is 0 Å². The molecule has 0 radical (unpaired) electrons. The summed E-state index contributed by atoms with van der Waals surface area (Å²) in [6.07, 6.45) is 0. The Hall–Kier alpha value is -2.39. The molecule has 112 valence electrons. The molecule has 3 rings (SSSR count). The summed E-state index contributed by atoms with van der Waals surface area (Å²) in [5.74, 6) is 0.666. The third kappa shape index (κ3) is 2.95. The molecule has 0 unspecified atom stereocenters. The normalized spacial score (nSPS) is 10.8. The van der Waals surface area contributed by atoms with Crippen molar-refractivity contribution in [2.75, 3.05) is 7.11 Å². The predicted molar refractivity (Wildman–Crippen MR) is 87.4 cm³/mol. The molecule has 2 nitrogen and oxygen atoms in total. The zero-order chi connectivity index (χ0) is 15.4. The van der Waals surface area contributed by atoms with Crippen LogP contribution in [0.5, 0.6) is 5.75 Å². The lowest BCUT2D eigenvalue weighted by molar-refractivity contribution is 0.408. The van der Waals surface area contributed by atoms with Gasteiger partial charge in [0.2, 0.25) is 0 Å². The third-order valence-corrected chi connectivity index (χ3v) is 3.79. The van der Waals surface area contributed by atoms with Crippen molar-refractivity contribution in [3.63, 3.8) is 0 Å². The van der Waals surface area contributed by atoms with Gasteiger partial charge in [0.05, 0.1) is 7.11 Å². The van der Waals surface area contributed by atoms with E-state index >= 15 is 0 Å². The van der Waals surface area contributed by atoms with E-state index in [1.165, 1.54) is 11.5 Å². The van der Waals surface area contributed by atoms with Crippen LogP contribution in [0.1, 0.15) is 11.1 Å². The van der Waals surface area contributed by atoms with Gasteiger partial charge in [-0.05, 0) is 22.9 Å². The van der Waals surface area contributed by atoms with Gasteiger partial charge in [-0.2, -0.15) is 0 Å². The minimum atomic E-state index is -0.181. The highest BCUT2D eigenvalue weighted by Crippen LogP contribution is 2.27. The van der Waals surface area contributed by atoms with Crippen LogP contribution in [-0.4, -0.2) is 7.11 Å². The number of benzene rings is 3. The summed E-state index contributed by atoms with van der Waals surface area (Å²) in [6.45, 7) is 1.11. The van der Waals surface area contributed by atoms with E-state index in [1.54, 1.807) is 19.2 Å². The Morgan fingerprint density at radius 3 is 2.50 bits per heavy atom. The summed E-state index contributed by atoms with van der Waals surface area (Å²) in [5.41, 5.74) is 1.76. The molecule has 0 aliphatic carbocycles. The molecule has 0 aliphatic rings. The molecule has 3 heteroatoms. The second-order valence-corrected chi connectivity index (χ2v) is 5.16. The number of rotatable bonds is 5. The van der Waals surface area contributed by atoms with E-state index in [9.17, 15) is 4.39 Å². The number of hydrogen-bond acceptors (Lipinski definition) is 2. The topological polar surface area (TPSA) is 21.3 Å². The SMILES string of the molecule is COc1ccc2ccccc2c1CNCc1ccccc1F. The van der Waals surface area contributed by atoms with E-state index in [-0.39, 0.29) is 5.82 Å². The zero-order valence-electron chi connectivity index (χ0n) is 12.5. The van der Waals surface area contributed by atoms with Crippen LogP contribution in [0.2, 0.25) is 0 Å². The summed E-state index contributed by atoms with van der Waals surface area (Å²) in [5, 5.41) is 5.63. The highest BCUT2D eigenvalue weighted by atomic mass is 19.1. The van der Waals surface area contributed by atoms with Crippen molar-refractivity contribution in [2.24, 2.45) is 0 Å². The molecule has 0 spiro atoms. The van der Waals surface area contributed by atoms with Crippen LogP contribution in [0.15, 0.2) is 60.7 Å². The number of fused-ring (bicyclic) bond motifs is 1. The van der Waals surface area contributed by atoms with Crippen LogP contribution in [0.3, 0.4) is 0 Å². The molecule has 0 heterocycles. The predicted octanol–water partition coefficient (Wildman–Crippen LogP) is 4.28. The van der Waals surface area contributed by atoms with Gasteiger partial charge in [-0.15, -0.1) is 0 Å². The molecule has 0 amide bonds. The zero-order valence-corrected chi connectivity index (χ0v) is 12.5. The van der Waals surface area contributed by atoms with Crippen molar-refractivity contribution in [3.05, 3.63) is 77.6 Å². The quantitative estimate of drug-likeness (QED) is 0.758. The molecule has 0 bridgehead atoms. The maximum Gasteiger partial charge on any atom is 0.127 e. The van der Waals surface area contributed by atoms with Crippen LogP contribution in [-0.2, 0) is 13.1 Å². The largest absolute Gasteiger partial charge is 0.496 e. The maximum absolute atomic E-state index is 13.6. The van der Waals surface area contributed by atoms with Crippen LogP contribution >= 0.6 is 0 Å². The van der Waals surface area contributed by atoms with Gasteiger partial charge in [0.1, 0.15) is 11.6 Å². The lowest BCUT2D eigenvalue weighted by atomic mass is 10.0. The second kappa shape index (κ2) is 6.58. The molecule has 3 aromatic rings. The van der Waals surface area contributed by atoms with Crippen LogP contribution in [0.4, 0.5) is 4.39 Å². The van der Waals surface area contributed by atoms with Gasteiger partial charge in [-0.3, -0.25) is 0 Å². The molecule has 22 heavy (non-hydrogen) atoms.